The van der Waals surface area contributed by atoms with Crippen molar-refractivity contribution in [1.82, 2.24) is 10.0 Å². The van der Waals surface area contributed by atoms with Crippen molar-refractivity contribution in [3.8, 4) is 0 Å². The molecule has 0 bridgehead atoms. The highest BCUT2D eigenvalue weighted by Crippen LogP contribution is 2.24. The van der Waals surface area contributed by atoms with Gasteiger partial charge < -0.3 is 10.6 Å². The van der Waals surface area contributed by atoms with Crippen LogP contribution in [-0.2, 0) is 27.7 Å². The van der Waals surface area contributed by atoms with Crippen LogP contribution in [0.3, 0.4) is 0 Å². The Hall–Kier alpha value is -2.71. The molecule has 2 aromatic carbocycles. The molecule has 3 N–H and O–H groups in total. The van der Waals surface area contributed by atoms with E-state index in [0.29, 0.717) is 17.7 Å². The van der Waals surface area contributed by atoms with E-state index in [-0.39, 0.29) is 35.7 Å². The summed E-state index contributed by atoms with van der Waals surface area (Å²) in [5, 5.41) is 5.69. The maximum absolute atomic E-state index is 12.6. The second kappa shape index (κ2) is 9.83. The highest BCUT2D eigenvalue weighted by Gasteiger charge is 2.24. The van der Waals surface area contributed by atoms with Crippen molar-refractivity contribution >= 4 is 27.5 Å². The Morgan fingerprint density at radius 2 is 1.75 bits per heavy atom. The Kier molecular flexibility index (Phi) is 6.91. The van der Waals surface area contributed by atoms with Gasteiger partial charge in [0.2, 0.25) is 15.9 Å². The minimum atomic E-state index is -3.60. The monoisotopic (exact) mass is 455 g/mol. The molecule has 2 aromatic rings. The van der Waals surface area contributed by atoms with Crippen LogP contribution >= 0.6 is 0 Å². The molecule has 0 unspecified atom stereocenters. The number of sulfonamides is 1. The van der Waals surface area contributed by atoms with Crippen LogP contribution in [0.1, 0.15) is 60.0 Å². The molecule has 32 heavy (non-hydrogen) atoms. The van der Waals surface area contributed by atoms with Gasteiger partial charge in [0.25, 0.3) is 5.91 Å². The van der Waals surface area contributed by atoms with Crippen LogP contribution in [0.2, 0.25) is 0 Å². The minimum Gasteiger partial charge on any atom is -0.349 e. The van der Waals surface area contributed by atoms with E-state index in [1.54, 1.807) is 36.4 Å². The SMILES string of the molecule is O=C(CCCNS(=O)(=O)c1ccc2c(c1)CCCC2)Nc1cccc(C(=O)NC2CC2)c1. The Morgan fingerprint density at radius 1 is 0.969 bits per heavy atom. The summed E-state index contributed by atoms with van der Waals surface area (Å²) in [5.74, 6) is -0.363. The Bertz CT molecular complexity index is 1110. The molecule has 2 amide bonds. The smallest absolute Gasteiger partial charge is 0.251 e. The number of benzene rings is 2. The highest BCUT2D eigenvalue weighted by atomic mass is 32.2. The van der Waals surface area contributed by atoms with Gasteiger partial charge in [0.05, 0.1) is 4.90 Å². The van der Waals surface area contributed by atoms with Crippen molar-refractivity contribution in [2.24, 2.45) is 0 Å². The van der Waals surface area contributed by atoms with Crippen LogP contribution in [0, 0.1) is 0 Å². The molecule has 0 aliphatic heterocycles. The van der Waals surface area contributed by atoms with Crippen LogP contribution < -0.4 is 15.4 Å². The molecular weight excluding hydrogens is 426 g/mol. The zero-order chi connectivity index (χ0) is 22.6. The van der Waals surface area contributed by atoms with Gasteiger partial charge in [-0.15, -0.1) is 0 Å². The van der Waals surface area contributed by atoms with Gasteiger partial charge in [0.1, 0.15) is 0 Å². The van der Waals surface area contributed by atoms with Gasteiger partial charge in [-0.3, -0.25) is 9.59 Å². The molecule has 0 aromatic heterocycles. The van der Waals surface area contributed by atoms with E-state index in [2.05, 4.69) is 15.4 Å². The van der Waals surface area contributed by atoms with E-state index in [1.807, 2.05) is 6.07 Å². The summed E-state index contributed by atoms with van der Waals surface area (Å²) in [5.41, 5.74) is 3.41. The summed E-state index contributed by atoms with van der Waals surface area (Å²) in [6.45, 7) is 0.177. The summed E-state index contributed by atoms with van der Waals surface area (Å²) in [4.78, 5) is 24.7. The Morgan fingerprint density at radius 3 is 2.53 bits per heavy atom. The number of carbonyl (C=O) groups is 2. The molecule has 0 spiro atoms. The standard InChI is InChI=1S/C24H29N3O4S/c28-23(26-21-8-3-7-19(15-21)24(29)27-20-11-12-20)9-4-14-25-32(30,31)22-13-10-17-5-1-2-6-18(17)16-22/h3,7-8,10,13,15-16,20,25H,1-2,4-6,9,11-12,14H2,(H,26,28)(H,27,29). The van der Waals surface area contributed by atoms with Crippen molar-refractivity contribution in [3.63, 3.8) is 0 Å². The molecule has 170 valence electrons. The normalized spacial score (nSPS) is 15.6. The topological polar surface area (TPSA) is 104 Å². The molecule has 4 rings (SSSR count). The third kappa shape index (κ3) is 5.95. The summed E-state index contributed by atoms with van der Waals surface area (Å²) in [7, 11) is -3.60. The number of carbonyl (C=O) groups excluding carboxylic acids is 2. The number of rotatable bonds is 9. The fourth-order valence-electron chi connectivity index (χ4n) is 3.87. The molecule has 1 fully saturated rings. The molecule has 7 nitrogen and oxygen atoms in total. The first-order valence-electron chi connectivity index (χ1n) is 11.2. The van der Waals surface area contributed by atoms with Crippen molar-refractivity contribution < 1.29 is 18.0 Å². The largest absolute Gasteiger partial charge is 0.349 e. The molecule has 2 aliphatic carbocycles. The maximum Gasteiger partial charge on any atom is 0.251 e. The quantitative estimate of drug-likeness (QED) is 0.505. The van der Waals surface area contributed by atoms with Gasteiger partial charge in [0, 0.05) is 30.3 Å². The predicted octanol–water partition coefficient (Wildman–Crippen LogP) is 3.15. The van der Waals surface area contributed by atoms with Gasteiger partial charge in [-0.25, -0.2) is 13.1 Å². The summed E-state index contributed by atoms with van der Waals surface area (Å²) in [6.07, 6.45) is 6.74. The second-order valence-electron chi connectivity index (χ2n) is 8.52. The lowest BCUT2D eigenvalue weighted by Crippen LogP contribution is -2.26. The lowest BCUT2D eigenvalue weighted by atomic mass is 9.92. The third-order valence-electron chi connectivity index (χ3n) is 5.82. The van der Waals surface area contributed by atoms with E-state index in [1.165, 1.54) is 5.56 Å². The summed E-state index contributed by atoms with van der Waals surface area (Å²) in [6, 6.07) is 12.4. The van der Waals surface area contributed by atoms with E-state index < -0.39 is 10.0 Å². The molecule has 0 saturated heterocycles. The average Bonchev–Trinajstić information content (AvgIpc) is 3.60. The van der Waals surface area contributed by atoms with Gasteiger partial charge in [-0.2, -0.15) is 0 Å². The van der Waals surface area contributed by atoms with Crippen molar-refractivity contribution in [3.05, 3.63) is 59.2 Å². The van der Waals surface area contributed by atoms with E-state index in [4.69, 9.17) is 0 Å². The molecule has 1 saturated carbocycles. The van der Waals surface area contributed by atoms with E-state index in [0.717, 1.165) is 44.1 Å². The van der Waals surface area contributed by atoms with E-state index >= 15 is 0 Å². The van der Waals surface area contributed by atoms with Crippen LogP contribution in [0.4, 0.5) is 5.69 Å². The lowest BCUT2D eigenvalue weighted by Gasteiger charge is -2.16. The number of nitrogens with one attached hydrogen (secondary N) is 3. The first-order chi connectivity index (χ1) is 15.4. The minimum absolute atomic E-state index is 0.139. The molecule has 0 atom stereocenters. The molecule has 8 heteroatoms. The number of aryl methyl sites for hydroxylation is 2. The van der Waals surface area contributed by atoms with Crippen molar-refractivity contribution in [2.75, 3.05) is 11.9 Å². The highest BCUT2D eigenvalue weighted by molar-refractivity contribution is 7.89. The summed E-state index contributed by atoms with van der Waals surface area (Å²) >= 11 is 0. The Balaban J connectivity index is 1.24. The third-order valence-corrected chi connectivity index (χ3v) is 7.28. The zero-order valence-corrected chi connectivity index (χ0v) is 18.8. The van der Waals surface area contributed by atoms with Crippen molar-refractivity contribution in [1.29, 1.82) is 0 Å². The summed E-state index contributed by atoms with van der Waals surface area (Å²) < 4.78 is 27.8. The first kappa shape index (κ1) is 22.5. The number of fused-ring (bicyclic) bond motifs is 1. The van der Waals surface area contributed by atoms with Crippen molar-refractivity contribution in [2.45, 2.75) is 62.3 Å². The van der Waals surface area contributed by atoms with Gasteiger partial charge in [0.15, 0.2) is 0 Å². The van der Waals surface area contributed by atoms with Crippen LogP contribution in [0.5, 0.6) is 0 Å². The first-order valence-corrected chi connectivity index (χ1v) is 12.7. The van der Waals surface area contributed by atoms with Crippen LogP contribution in [0.25, 0.3) is 0 Å². The molecule has 0 heterocycles. The lowest BCUT2D eigenvalue weighted by molar-refractivity contribution is -0.116. The van der Waals surface area contributed by atoms with Gasteiger partial charge >= 0.3 is 0 Å². The van der Waals surface area contributed by atoms with E-state index in [9.17, 15) is 18.0 Å². The molecule has 0 radical (unpaired) electrons. The van der Waals surface area contributed by atoms with Crippen LogP contribution in [0.15, 0.2) is 47.4 Å². The average molecular weight is 456 g/mol. The number of hydrogen-bond donors (Lipinski definition) is 3. The second-order valence-corrected chi connectivity index (χ2v) is 10.3. The zero-order valence-electron chi connectivity index (χ0n) is 18.0. The molecule has 2 aliphatic rings. The Labute approximate surface area is 189 Å². The maximum atomic E-state index is 12.6. The number of amides is 2. The predicted molar refractivity (Wildman–Crippen MR) is 123 cm³/mol. The number of anilines is 1. The van der Waals surface area contributed by atoms with Gasteiger partial charge in [-0.05, 0) is 86.4 Å². The van der Waals surface area contributed by atoms with Crippen LogP contribution in [-0.4, -0.2) is 32.8 Å². The molecular formula is C24H29N3O4S. The fourth-order valence-corrected chi connectivity index (χ4v) is 5.00. The number of hydrogen-bond acceptors (Lipinski definition) is 4. The fraction of sp³-hybridized carbons (Fsp3) is 0.417. The van der Waals surface area contributed by atoms with Gasteiger partial charge in [-0.1, -0.05) is 12.1 Å².